The Hall–Kier alpha value is -0.280. The van der Waals surface area contributed by atoms with Gasteiger partial charge in [0.05, 0.1) is 6.61 Å². The third kappa shape index (κ3) is 2.04. The minimum atomic E-state index is -1.69. The van der Waals surface area contributed by atoms with Gasteiger partial charge in [-0.2, -0.15) is 0 Å². The molecule has 0 radical (unpaired) electrons. The molecule has 7 nitrogen and oxygen atoms in total. The fraction of sp³-hybridized carbons (Fsp3) is 1.00. The predicted octanol–water partition coefficient (Wildman–Crippen LogP) is -3.86. The average Bonchev–Trinajstić information content (AvgIpc) is 2.19. The molecule has 6 N–H and O–H groups in total. The van der Waals surface area contributed by atoms with Gasteiger partial charge in [0.2, 0.25) is 0 Å². The summed E-state index contributed by atoms with van der Waals surface area (Å²) in [5.74, 6) is 0. The first-order chi connectivity index (χ1) is 6.49. The Labute approximate surface area is 79.8 Å². The van der Waals surface area contributed by atoms with Gasteiger partial charge in [0.15, 0.2) is 6.29 Å². The molecule has 0 aromatic carbocycles. The molecule has 0 saturated carbocycles. The molecule has 1 saturated heterocycles. The third-order valence-corrected chi connectivity index (χ3v) is 2.19. The van der Waals surface area contributed by atoms with Gasteiger partial charge in [-0.25, -0.2) is 0 Å². The number of hydrogen-bond acceptors (Lipinski definition) is 7. The monoisotopic (exact) mass is 210 g/mol. The van der Waals surface area contributed by atoms with E-state index < -0.39 is 43.4 Å². The molecule has 0 aromatic rings. The minimum absolute atomic E-state index is 0.683. The van der Waals surface area contributed by atoms with Gasteiger partial charge in [0.25, 0.3) is 0 Å². The summed E-state index contributed by atoms with van der Waals surface area (Å²) >= 11 is 0. The van der Waals surface area contributed by atoms with Gasteiger partial charge in [-0.05, 0) is 0 Å². The molecule has 1 aliphatic rings. The first kappa shape index (κ1) is 11.8. The standard InChI is InChI=1S/C7H14O7/c8-1-2(9)6-4(11)3(10)5(12)7(13)14-6/h2-13H,1H2/t2?,3-,4+,5+,6+,7?/m0/s1. The second-order valence-electron chi connectivity index (χ2n) is 3.21. The molecular formula is C7H14O7. The molecule has 0 aliphatic carbocycles. The quantitative estimate of drug-likeness (QED) is 0.275. The van der Waals surface area contributed by atoms with Crippen molar-refractivity contribution in [3.8, 4) is 0 Å². The van der Waals surface area contributed by atoms with Crippen LogP contribution in [0.25, 0.3) is 0 Å². The molecule has 0 amide bonds. The van der Waals surface area contributed by atoms with E-state index in [1.54, 1.807) is 0 Å². The van der Waals surface area contributed by atoms with Crippen molar-refractivity contribution in [1.82, 2.24) is 0 Å². The molecule has 1 aliphatic heterocycles. The maximum absolute atomic E-state index is 9.31. The van der Waals surface area contributed by atoms with Crippen LogP contribution in [0.15, 0.2) is 0 Å². The van der Waals surface area contributed by atoms with Crippen molar-refractivity contribution < 1.29 is 35.4 Å². The lowest BCUT2D eigenvalue weighted by molar-refractivity contribution is -0.298. The molecule has 84 valence electrons. The number of ether oxygens (including phenoxy) is 1. The minimum Gasteiger partial charge on any atom is -0.394 e. The predicted molar refractivity (Wildman–Crippen MR) is 42.0 cm³/mol. The Morgan fingerprint density at radius 3 is 2.07 bits per heavy atom. The number of aliphatic hydroxyl groups excluding tert-OH is 6. The van der Waals surface area contributed by atoms with Crippen LogP contribution in [-0.4, -0.2) is 74.1 Å². The van der Waals surface area contributed by atoms with Crippen molar-refractivity contribution in [2.24, 2.45) is 0 Å². The Kier molecular flexibility index (Phi) is 3.78. The van der Waals surface area contributed by atoms with Gasteiger partial charge >= 0.3 is 0 Å². The van der Waals surface area contributed by atoms with E-state index in [-0.39, 0.29) is 0 Å². The van der Waals surface area contributed by atoms with Crippen LogP contribution < -0.4 is 0 Å². The molecule has 1 rings (SSSR count). The summed E-state index contributed by atoms with van der Waals surface area (Å²) in [6.07, 6.45) is -9.26. The second kappa shape index (κ2) is 4.49. The number of aliphatic hydroxyl groups is 6. The first-order valence-corrected chi connectivity index (χ1v) is 4.15. The summed E-state index contributed by atoms with van der Waals surface area (Å²) in [7, 11) is 0. The highest BCUT2D eigenvalue weighted by atomic mass is 16.6. The zero-order valence-electron chi connectivity index (χ0n) is 7.26. The van der Waals surface area contributed by atoms with Crippen molar-refractivity contribution in [2.75, 3.05) is 6.61 Å². The maximum atomic E-state index is 9.31. The van der Waals surface area contributed by atoms with E-state index in [0.717, 1.165) is 0 Å². The molecule has 1 heterocycles. The molecule has 7 heteroatoms. The van der Waals surface area contributed by atoms with E-state index in [0.29, 0.717) is 0 Å². The zero-order chi connectivity index (χ0) is 10.9. The summed E-state index contributed by atoms with van der Waals surface area (Å²) in [5.41, 5.74) is 0. The Bertz CT molecular complexity index is 187. The Morgan fingerprint density at radius 2 is 1.57 bits per heavy atom. The van der Waals surface area contributed by atoms with Crippen molar-refractivity contribution in [2.45, 2.75) is 36.8 Å². The van der Waals surface area contributed by atoms with E-state index in [1.165, 1.54) is 0 Å². The summed E-state index contributed by atoms with van der Waals surface area (Å²) in [5, 5.41) is 54.3. The van der Waals surface area contributed by atoms with Crippen LogP contribution >= 0.6 is 0 Å². The van der Waals surface area contributed by atoms with E-state index in [2.05, 4.69) is 4.74 Å². The highest BCUT2D eigenvalue weighted by Crippen LogP contribution is 2.21. The van der Waals surface area contributed by atoms with E-state index in [9.17, 15) is 10.2 Å². The van der Waals surface area contributed by atoms with Crippen LogP contribution in [0, 0.1) is 0 Å². The van der Waals surface area contributed by atoms with Crippen LogP contribution in [0.2, 0.25) is 0 Å². The van der Waals surface area contributed by atoms with Crippen molar-refractivity contribution >= 4 is 0 Å². The molecule has 6 atom stereocenters. The third-order valence-electron chi connectivity index (χ3n) is 2.19. The average molecular weight is 210 g/mol. The van der Waals surface area contributed by atoms with E-state index in [1.807, 2.05) is 0 Å². The zero-order valence-corrected chi connectivity index (χ0v) is 7.26. The van der Waals surface area contributed by atoms with E-state index in [4.69, 9.17) is 20.4 Å². The molecule has 0 aromatic heterocycles. The second-order valence-corrected chi connectivity index (χ2v) is 3.21. The maximum Gasteiger partial charge on any atom is 0.184 e. The SMILES string of the molecule is OCC(O)[C@H]1OC(O)[C@H](O)[C@@H](O)[C@H]1O. The molecule has 2 unspecified atom stereocenters. The topological polar surface area (TPSA) is 131 Å². The summed E-state index contributed by atoms with van der Waals surface area (Å²) in [4.78, 5) is 0. The lowest BCUT2D eigenvalue weighted by Crippen LogP contribution is -2.61. The van der Waals surface area contributed by atoms with E-state index >= 15 is 0 Å². The Morgan fingerprint density at radius 1 is 1.00 bits per heavy atom. The number of hydrogen-bond donors (Lipinski definition) is 6. The van der Waals surface area contributed by atoms with Crippen LogP contribution in [0.1, 0.15) is 0 Å². The van der Waals surface area contributed by atoms with Crippen LogP contribution in [0.4, 0.5) is 0 Å². The largest absolute Gasteiger partial charge is 0.394 e. The summed E-state index contributed by atoms with van der Waals surface area (Å²) in [6.45, 7) is -0.683. The molecule has 14 heavy (non-hydrogen) atoms. The highest BCUT2D eigenvalue weighted by molar-refractivity contribution is 4.91. The van der Waals surface area contributed by atoms with Gasteiger partial charge < -0.3 is 35.4 Å². The summed E-state index contributed by atoms with van der Waals surface area (Å²) < 4.78 is 4.62. The Balaban J connectivity index is 2.70. The van der Waals surface area contributed by atoms with Crippen LogP contribution in [0.3, 0.4) is 0 Å². The van der Waals surface area contributed by atoms with Gasteiger partial charge in [0, 0.05) is 0 Å². The van der Waals surface area contributed by atoms with Crippen molar-refractivity contribution in [3.05, 3.63) is 0 Å². The number of rotatable bonds is 2. The fourth-order valence-corrected chi connectivity index (χ4v) is 1.31. The first-order valence-electron chi connectivity index (χ1n) is 4.15. The van der Waals surface area contributed by atoms with Gasteiger partial charge in [-0.15, -0.1) is 0 Å². The molecule has 0 spiro atoms. The summed E-state index contributed by atoms with van der Waals surface area (Å²) in [6, 6.07) is 0. The van der Waals surface area contributed by atoms with Crippen molar-refractivity contribution in [3.63, 3.8) is 0 Å². The lowest BCUT2D eigenvalue weighted by Gasteiger charge is -2.39. The van der Waals surface area contributed by atoms with Crippen molar-refractivity contribution in [1.29, 1.82) is 0 Å². The van der Waals surface area contributed by atoms with Crippen LogP contribution in [0.5, 0.6) is 0 Å². The highest BCUT2D eigenvalue weighted by Gasteiger charge is 2.45. The smallest absolute Gasteiger partial charge is 0.184 e. The van der Waals surface area contributed by atoms with Crippen LogP contribution in [-0.2, 0) is 4.74 Å². The molecule has 0 bridgehead atoms. The molecule has 1 fully saturated rings. The lowest BCUT2D eigenvalue weighted by atomic mass is 9.96. The van der Waals surface area contributed by atoms with Gasteiger partial charge in [-0.1, -0.05) is 0 Å². The molecular weight excluding hydrogens is 196 g/mol. The van der Waals surface area contributed by atoms with Gasteiger partial charge in [0.1, 0.15) is 30.5 Å². The normalized spacial score (nSPS) is 46.3. The fourth-order valence-electron chi connectivity index (χ4n) is 1.31. The van der Waals surface area contributed by atoms with Gasteiger partial charge in [-0.3, -0.25) is 0 Å².